The average molecular weight is 237 g/mol. The average Bonchev–Trinajstić information content (AvgIpc) is 2.67. The molecule has 1 aromatic carbocycles. The lowest BCUT2D eigenvalue weighted by molar-refractivity contribution is -0.114. The maximum Gasteiger partial charge on any atom is 0.265 e. The van der Waals surface area contributed by atoms with Crippen molar-refractivity contribution in [3.05, 3.63) is 40.9 Å². The lowest BCUT2D eigenvalue weighted by Gasteiger charge is -2.21. The molecule has 0 saturated carbocycles. The summed E-state index contributed by atoms with van der Waals surface area (Å²) in [6.07, 6.45) is 0. The Morgan fingerprint density at radius 2 is 2.12 bits per heavy atom. The number of anilines is 1. The van der Waals surface area contributed by atoms with Crippen molar-refractivity contribution in [3.63, 3.8) is 0 Å². The van der Waals surface area contributed by atoms with Gasteiger partial charge in [0.15, 0.2) is 0 Å². The maximum atomic E-state index is 11.2. The number of rotatable bonds is 2. The number of hydrogen-bond acceptors (Lipinski definition) is 4. The first-order valence-corrected chi connectivity index (χ1v) is 5.70. The quantitative estimate of drug-likeness (QED) is 0.824. The molecule has 0 bridgehead atoms. The summed E-state index contributed by atoms with van der Waals surface area (Å²) in [6, 6.07) is 7.97. The van der Waals surface area contributed by atoms with Gasteiger partial charge in [-0.25, -0.2) is 0 Å². The van der Waals surface area contributed by atoms with Crippen LogP contribution in [0.4, 0.5) is 5.69 Å². The Morgan fingerprint density at radius 1 is 1.44 bits per heavy atom. The minimum absolute atomic E-state index is 0. The molecule has 0 aromatic heterocycles. The van der Waals surface area contributed by atoms with Gasteiger partial charge < -0.3 is 16.8 Å². The van der Waals surface area contributed by atoms with E-state index in [1.165, 1.54) is 0 Å². The standard InChI is InChI=1S/C11H12N2OS.H3N/c1-8-4-2-3-5-9(8)13-7-15-6-10(13)11(12)14;/h2-6H,7H2,1H3,(H2,12,14);1H3. The Hall–Kier alpha value is -1.46. The van der Waals surface area contributed by atoms with E-state index in [2.05, 4.69) is 0 Å². The lowest BCUT2D eigenvalue weighted by Crippen LogP contribution is -2.28. The van der Waals surface area contributed by atoms with Crippen LogP contribution in [-0.4, -0.2) is 11.8 Å². The van der Waals surface area contributed by atoms with Gasteiger partial charge in [-0.1, -0.05) is 18.2 Å². The zero-order valence-corrected chi connectivity index (χ0v) is 9.96. The monoisotopic (exact) mass is 237 g/mol. The molecule has 16 heavy (non-hydrogen) atoms. The Morgan fingerprint density at radius 3 is 2.75 bits per heavy atom. The van der Waals surface area contributed by atoms with Crippen LogP contribution >= 0.6 is 11.8 Å². The highest BCUT2D eigenvalue weighted by molar-refractivity contribution is 8.02. The molecule has 0 radical (unpaired) electrons. The third-order valence-electron chi connectivity index (χ3n) is 2.35. The van der Waals surface area contributed by atoms with Crippen LogP contribution in [0.2, 0.25) is 0 Å². The summed E-state index contributed by atoms with van der Waals surface area (Å²) in [5.41, 5.74) is 8.09. The van der Waals surface area contributed by atoms with E-state index >= 15 is 0 Å². The molecule has 4 nitrogen and oxygen atoms in total. The molecule has 0 atom stereocenters. The molecule has 2 rings (SSSR count). The predicted molar refractivity (Wildman–Crippen MR) is 68.4 cm³/mol. The van der Waals surface area contributed by atoms with Crippen LogP contribution in [0.5, 0.6) is 0 Å². The predicted octanol–water partition coefficient (Wildman–Crippen LogP) is 1.99. The van der Waals surface area contributed by atoms with E-state index < -0.39 is 0 Å². The molecule has 0 unspecified atom stereocenters. The number of hydrogen-bond donors (Lipinski definition) is 2. The normalized spacial score (nSPS) is 14.3. The molecule has 1 aromatic rings. The fourth-order valence-electron chi connectivity index (χ4n) is 1.58. The molecule has 5 N–H and O–H groups in total. The second kappa shape index (κ2) is 5.05. The van der Waals surface area contributed by atoms with E-state index in [1.54, 1.807) is 11.8 Å². The van der Waals surface area contributed by atoms with E-state index in [0.717, 1.165) is 17.1 Å². The smallest absolute Gasteiger partial charge is 0.265 e. The van der Waals surface area contributed by atoms with Gasteiger partial charge in [0.25, 0.3) is 5.91 Å². The van der Waals surface area contributed by atoms with Gasteiger partial charge in [0, 0.05) is 11.1 Å². The van der Waals surface area contributed by atoms with Crippen LogP contribution in [0.25, 0.3) is 0 Å². The van der Waals surface area contributed by atoms with Crippen LogP contribution in [0, 0.1) is 6.92 Å². The molecule has 0 fully saturated rings. The van der Waals surface area contributed by atoms with Gasteiger partial charge in [-0.05, 0) is 18.6 Å². The lowest BCUT2D eigenvalue weighted by atomic mass is 10.2. The minimum Gasteiger partial charge on any atom is -0.364 e. The second-order valence-electron chi connectivity index (χ2n) is 3.38. The van der Waals surface area contributed by atoms with E-state index in [9.17, 15) is 4.79 Å². The van der Waals surface area contributed by atoms with Crippen molar-refractivity contribution in [2.24, 2.45) is 5.73 Å². The molecule has 0 aliphatic carbocycles. The summed E-state index contributed by atoms with van der Waals surface area (Å²) in [4.78, 5) is 13.1. The van der Waals surface area contributed by atoms with Crippen molar-refractivity contribution >= 4 is 23.4 Å². The molecule has 1 heterocycles. The zero-order valence-electron chi connectivity index (χ0n) is 9.14. The van der Waals surface area contributed by atoms with Gasteiger partial charge in [-0.2, -0.15) is 0 Å². The molecule has 86 valence electrons. The molecule has 0 spiro atoms. The molecular weight excluding hydrogens is 222 g/mol. The molecule has 5 heteroatoms. The zero-order chi connectivity index (χ0) is 10.8. The van der Waals surface area contributed by atoms with Gasteiger partial charge in [-0.3, -0.25) is 4.79 Å². The van der Waals surface area contributed by atoms with Crippen LogP contribution in [0.1, 0.15) is 5.56 Å². The highest BCUT2D eigenvalue weighted by Crippen LogP contribution is 2.31. The number of para-hydroxylation sites is 1. The topological polar surface area (TPSA) is 81.3 Å². The summed E-state index contributed by atoms with van der Waals surface area (Å²) < 4.78 is 0. The van der Waals surface area contributed by atoms with Crippen LogP contribution in [-0.2, 0) is 4.79 Å². The molecule has 0 saturated heterocycles. The summed E-state index contributed by atoms with van der Waals surface area (Å²) in [6.45, 7) is 2.02. The van der Waals surface area contributed by atoms with Crippen LogP contribution < -0.4 is 16.8 Å². The molecule has 1 aliphatic heterocycles. The molecule has 1 amide bonds. The first-order valence-electron chi connectivity index (χ1n) is 4.65. The van der Waals surface area contributed by atoms with Gasteiger partial charge in [-0.15, -0.1) is 11.8 Å². The van der Waals surface area contributed by atoms with Gasteiger partial charge in [0.1, 0.15) is 5.70 Å². The number of nitrogens with zero attached hydrogens (tertiary/aromatic N) is 1. The molecule has 1 aliphatic rings. The number of carbonyl (C=O) groups excluding carboxylic acids is 1. The molecular formula is C11H15N3OS. The number of carbonyl (C=O) groups is 1. The Kier molecular flexibility index (Phi) is 3.98. The first-order chi connectivity index (χ1) is 7.20. The number of amides is 1. The van der Waals surface area contributed by atoms with E-state index in [4.69, 9.17) is 5.73 Å². The Bertz CT molecular complexity index is 431. The number of aryl methyl sites for hydroxylation is 1. The first kappa shape index (κ1) is 12.6. The van der Waals surface area contributed by atoms with Crippen molar-refractivity contribution in [2.75, 3.05) is 10.8 Å². The third kappa shape index (κ3) is 2.20. The fourth-order valence-corrected chi connectivity index (χ4v) is 2.48. The van der Waals surface area contributed by atoms with E-state index in [1.807, 2.05) is 41.5 Å². The summed E-state index contributed by atoms with van der Waals surface area (Å²) >= 11 is 1.59. The fraction of sp³-hybridized carbons (Fsp3) is 0.182. The highest BCUT2D eigenvalue weighted by Gasteiger charge is 2.22. The van der Waals surface area contributed by atoms with Crippen LogP contribution in [0.3, 0.4) is 0 Å². The Balaban J connectivity index is 0.00000128. The highest BCUT2D eigenvalue weighted by atomic mass is 32.2. The number of benzene rings is 1. The third-order valence-corrected chi connectivity index (χ3v) is 3.15. The Labute approximate surface area is 99.1 Å². The van der Waals surface area contributed by atoms with Gasteiger partial charge in [0.2, 0.25) is 0 Å². The number of primary amides is 1. The summed E-state index contributed by atoms with van der Waals surface area (Å²) in [5, 5.41) is 1.81. The van der Waals surface area contributed by atoms with Crippen molar-refractivity contribution in [1.29, 1.82) is 0 Å². The second-order valence-corrected chi connectivity index (χ2v) is 4.20. The van der Waals surface area contributed by atoms with Crippen molar-refractivity contribution < 1.29 is 4.79 Å². The van der Waals surface area contributed by atoms with Gasteiger partial charge >= 0.3 is 0 Å². The van der Waals surface area contributed by atoms with E-state index in [0.29, 0.717) is 5.70 Å². The van der Waals surface area contributed by atoms with Crippen LogP contribution in [0.15, 0.2) is 35.4 Å². The van der Waals surface area contributed by atoms with Crippen molar-refractivity contribution in [1.82, 2.24) is 6.15 Å². The minimum atomic E-state index is -0.372. The van der Waals surface area contributed by atoms with Crippen molar-refractivity contribution in [3.8, 4) is 0 Å². The van der Waals surface area contributed by atoms with Crippen molar-refractivity contribution in [2.45, 2.75) is 6.92 Å². The summed E-state index contributed by atoms with van der Waals surface area (Å²) in [7, 11) is 0. The summed E-state index contributed by atoms with van der Waals surface area (Å²) in [5.74, 6) is 0.381. The largest absolute Gasteiger partial charge is 0.364 e. The SMILES string of the molecule is Cc1ccccc1N1CSC=C1C(N)=O.N. The number of nitrogens with two attached hydrogens (primary N) is 1. The maximum absolute atomic E-state index is 11.2. The van der Waals surface area contributed by atoms with Gasteiger partial charge in [0.05, 0.1) is 5.88 Å². The number of thioether (sulfide) groups is 1. The van der Waals surface area contributed by atoms with E-state index in [-0.39, 0.29) is 12.1 Å².